The van der Waals surface area contributed by atoms with E-state index in [4.69, 9.17) is 10.8 Å². The van der Waals surface area contributed by atoms with Gasteiger partial charge in [0.05, 0.1) is 15.1 Å². The first-order valence-corrected chi connectivity index (χ1v) is 9.04. The Labute approximate surface area is 149 Å². The van der Waals surface area contributed by atoms with Crippen molar-refractivity contribution < 1.29 is 14.7 Å². The summed E-state index contributed by atoms with van der Waals surface area (Å²) in [5.74, 6) is 0.926. The van der Waals surface area contributed by atoms with Crippen LogP contribution < -0.4 is 16.0 Å². The van der Waals surface area contributed by atoms with E-state index in [2.05, 4.69) is 20.2 Å². The van der Waals surface area contributed by atoms with Crippen LogP contribution in [0.2, 0.25) is 0 Å². The molecule has 0 radical (unpaired) electrons. The van der Waals surface area contributed by atoms with Crippen LogP contribution >= 0.6 is 11.3 Å². The van der Waals surface area contributed by atoms with Crippen molar-refractivity contribution in [3.05, 3.63) is 16.8 Å². The lowest BCUT2D eigenvalue weighted by Gasteiger charge is -2.32. The summed E-state index contributed by atoms with van der Waals surface area (Å²) in [4.78, 5) is 33.6. The molecule has 2 aromatic rings. The van der Waals surface area contributed by atoms with Crippen LogP contribution in [0.5, 0.6) is 0 Å². The van der Waals surface area contributed by atoms with E-state index in [9.17, 15) is 9.59 Å². The van der Waals surface area contributed by atoms with Crippen molar-refractivity contribution in [1.82, 2.24) is 15.3 Å². The predicted molar refractivity (Wildman–Crippen MR) is 96.3 cm³/mol. The van der Waals surface area contributed by atoms with Gasteiger partial charge in [-0.3, -0.25) is 4.79 Å². The Bertz CT molecular complexity index is 798. The lowest BCUT2D eigenvalue weighted by atomic mass is 9.93. The molecule has 2 aromatic heterocycles. The highest BCUT2D eigenvalue weighted by Crippen LogP contribution is 2.36. The summed E-state index contributed by atoms with van der Waals surface area (Å²) in [7, 11) is 0. The van der Waals surface area contributed by atoms with Crippen LogP contribution in [0.3, 0.4) is 0 Å². The number of rotatable bonds is 5. The number of aryl methyl sites for hydroxylation is 1. The van der Waals surface area contributed by atoms with Crippen molar-refractivity contribution in [2.75, 3.05) is 24.5 Å². The van der Waals surface area contributed by atoms with E-state index in [0.29, 0.717) is 17.3 Å². The maximum atomic E-state index is 11.6. The van der Waals surface area contributed by atoms with Crippen LogP contribution in [-0.4, -0.2) is 46.7 Å². The molecule has 1 saturated heterocycles. The van der Waals surface area contributed by atoms with Crippen LogP contribution in [0.4, 0.5) is 10.6 Å². The number of thiophene rings is 1. The second-order valence-electron chi connectivity index (χ2n) is 6.25. The first kappa shape index (κ1) is 17.4. The van der Waals surface area contributed by atoms with Crippen molar-refractivity contribution in [1.29, 1.82) is 0 Å². The smallest absolute Gasteiger partial charge is 0.404 e. The van der Waals surface area contributed by atoms with E-state index in [1.165, 1.54) is 17.7 Å². The third-order valence-corrected chi connectivity index (χ3v) is 5.94. The molecule has 0 bridgehead atoms. The summed E-state index contributed by atoms with van der Waals surface area (Å²) in [6.45, 7) is 4.06. The molecular weight excluding hydrogens is 342 g/mol. The fourth-order valence-corrected chi connectivity index (χ4v) is 4.42. The summed E-state index contributed by atoms with van der Waals surface area (Å²) in [6, 6.07) is 0. The normalized spacial score (nSPS) is 15.5. The maximum Gasteiger partial charge on any atom is 0.404 e. The lowest BCUT2D eigenvalue weighted by Crippen LogP contribution is -2.35. The molecule has 3 heterocycles. The van der Waals surface area contributed by atoms with E-state index in [1.54, 1.807) is 0 Å². The fraction of sp³-hybridized carbons (Fsp3) is 0.500. The zero-order valence-corrected chi connectivity index (χ0v) is 14.8. The molecule has 0 aromatic carbocycles. The summed E-state index contributed by atoms with van der Waals surface area (Å²) in [5, 5.41) is 11.1. The molecule has 0 spiro atoms. The molecule has 1 aliphatic rings. The Morgan fingerprint density at radius 2 is 2.12 bits per heavy atom. The number of aromatic nitrogens is 2. The predicted octanol–water partition coefficient (Wildman–Crippen LogP) is 1.97. The van der Waals surface area contributed by atoms with Gasteiger partial charge in [-0.1, -0.05) is 0 Å². The molecule has 1 aliphatic heterocycles. The van der Waals surface area contributed by atoms with Gasteiger partial charge in [-0.25, -0.2) is 14.8 Å². The van der Waals surface area contributed by atoms with Gasteiger partial charge >= 0.3 is 6.09 Å². The summed E-state index contributed by atoms with van der Waals surface area (Å²) < 4.78 is 0.903. The second-order valence-corrected chi connectivity index (χ2v) is 7.27. The molecule has 1 fully saturated rings. The number of carbonyl (C=O) groups is 2. The first-order valence-electron chi connectivity index (χ1n) is 8.23. The summed E-state index contributed by atoms with van der Waals surface area (Å²) in [5.41, 5.74) is 7.05. The summed E-state index contributed by atoms with van der Waals surface area (Å²) in [6.07, 6.45) is 3.38. The van der Waals surface area contributed by atoms with E-state index >= 15 is 0 Å². The van der Waals surface area contributed by atoms with Crippen molar-refractivity contribution >= 4 is 39.4 Å². The van der Waals surface area contributed by atoms with Crippen LogP contribution in [0.25, 0.3) is 10.2 Å². The number of piperidine rings is 1. The van der Waals surface area contributed by atoms with Crippen molar-refractivity contribution in [2.24, 2.45) is 11.7 Å². The van der Waals surface area contributed by atoms with Gasteiger partial charge in [0.2, 0.25) is 0 Å². The number of amides is 2. The first-order chi connectivity index (χ1) is 12.0. The zero-order valence-electron chi connectivity index (χ0n) is 14.0. The number of nitrogens with one attached hydrogen (secondary N) is 1. The van der Waals surface area contributed by atoms with Crippen LogP contribution in [-0.2, 0) is 0 Å². The van der Waals surface area contributed by atoms with Gasteiger partial charge in [-0.2, -0.15) is 0 Å². The monoisotopic (exact) mass is 363 g/mol. The Hall–Kier alpha value is -2.42. The van der Waals surface area contributed by atoms with Gasteiger partial charge in [0, 0.05) is 19.6 Å². The van der Waals surface area contributed by atoms with Crippen molar-refractivity contribution in [3.63, 3.8) is 0 Å². The number of hydrogen-bond acceptors (Lipinski definition) is 6. The van der Waals surface area contributed by atoms with Crippen molar-refractivity contribution in [2.45, 2.75) is 26.2 Å². The molecule has 4 N–H and O–H groups in total. The van der Waals surface area contributed by atoms with E-state index in [1.807, 2.05) is 6.92 Å². The molecule has 0 unspecified atom stereocenters. The SMILES string of the molecule is Cc1c(C(N)=O)sc2c(N3CCC(CCNC(=O)O)CC3)ncnc12. The maximum absolute atomic E-state index is 11.6. The standard InChI is InChI=1S/C16H21N5O3S/c1-9-11-13(25-12(9)14(17)22)15(20-8-19-11)21-6-3-10(4-7-21)2-5-18-16(23)24/h8,10,18H,2-7H2,1H3,(H2,17,22)(H,23,24). The molecule has 0 atom stereocenters. The quantitative estimate of drug-likeness (QED) is 0.747. The van der Waals surface area contributed by atoms with E-state index in [0.717, 1.165) is 53.9 Å². The largest absolute Gasteiger partial charge is 0.465 e. The number of nitrogens with two attached hydrogens (primary N) is 1. The van der Waals surface area contributed by atoms with Crippen LogP contribution in [0.1, 0.15) is 34.5 Å². The van der Waals surface area contributed by atoms with Crippen LogP contribution in [0, 0.1) is 12.8 Å². The lowest BCUT2D eigenvalue weighted by molar-refractivity contribution is 0.100. The number of nitrogens with zero attached hydrogens (tertiary/aromatic N) is 3. The fourth-order valence-electron chi connectivity index (χ4n) is 3.29. The Balaban J connectivity index is 1.72. The Kier molecular flexibility index (Phi) is 5.03. The molecule has 3 rings (SSSR count). The summed E-state index contributed by atoms with van der Waals surface area (Å²) >= 11 is 1.35. The van der Waals surface area contributed by atoms with Gasteiger partial charge in [0.25, 0.3) is 5.91 Å². The highest BCUT2D eigenvalue weighted by atomic mass is 32.1. The minimum absolute atomic E-state index is 0.434. The third-order valence-electron chi connectivity index (χ3n) is 4.65. The van der Waals surface area contributed by atoms with Gasteiger partial charge < -0.3 is 21.1 Å². The average molecular weight is 363 g/mol. The average Bonchev–Trinajstić information content (AvgIpc) is 2.93. The Morgan fingerprint density at radius 3 is 2.76 bits per heavy atom. The molecule has 25 heavy (non-hydrogen) atoms. The van der Waals surface area contributed by atoms with Gasteiger partial charge in [0.1, 0.15) is 12.1 Å². The number of anilines is 1. The number of fused-ring (bicyclic) bond motifs is 1. The molecule has 2 amide bonds. The highest BCUT2D eigenvalue weighted by molar-refractivity contribution is 7.21. The van der Waals surface area contributed by atoms with Gasteiger partial charge in [-0.15, -0.1) is 11.3 Å². The minimum atomic E-state index is -0.973. The number of carboxylic acid groups (broad SMARTS) is 1. The number of hydrogen-bond donors (Lipinski definition) is 3. The van der Waals surface area contributed by atoms with E-state index in [-0.39, 0.29) is 0 Å². The zero-order chi connectivity index (χ0) is 18.0. The topological polar surface area (TPSA) is 121 Å². The minimum Gasteiger partial charge on any atom is -0.465 e. The van der Waals surface area contributed by atoms with Gasteiger partial charge in [-0.05, 0) is 37.7 Å². The molecule has 9 heteroatoms. The molecule has 8 nitrogen and oxygen atoms in total. The Morgan fingerprint density at radius 1 is 1.40 bits per heavy atom. The number of carbonyl (C=O) groups excluding carboxylic acids is 1. The molecule has 0 aliphatic carbocycles. The molecule has 134 valence electrons. The molecule has 0 saturated carbocycles. The highest BCUT2D eigenvalue weighted by Gasteiger charge is 2.24. The van der Waals surface area contributed by atoms with Crippen LogP contribution in [0.15, 0.2) is 6.33 Å². The number of primary amides is 1. The third kappa shape index (κ3) is 3.65. The molecular formula is C16H21N5O3S. The van der Waals surface area contributed by atoms with Crippen molar-refractivity contribution in [3.8, 4) is 0 Å². The van der Waals surface area contributed by atoms with E-state index < -0.39 is 12.0 Å². The second kappa shape index (κ2) is 7.22. The van der Waals surface area contributed by atoms with Gasteiger partial charge in [0.15, 0.2) is 0 Å².